The maximum Gasteiger partial charge on any atom is 0.272 e. The number of hydrogen-bond donors (Lipinski definition) is 1. The normalized spacial score (nSPS) is 10.9. The summed E-state index contributed by atoms with van der Waals surface area (Å²) in [6.45, 7) is 2.47. The standard InChI is InChI=1S/C19H16N4OS/c1-13-10-16(14-6-3-2-4-7-14)21-18-11-17(22-23(13)18)19(24)20-12-15-8-5-9-25-15/h2-11H,12H2,1H3,(H,20,24). The summed E-state index contributed by atoms with van der Waals surface area (Å²) in [4.78, 5) is 18.1. The Kier molecular flexibility index (Phi) is 4.03. The van der Waals surface area contributed by atoms with Crippen LogP contribution in [0.4, 0.5) is 0 Å². The van der Waals surface area contributed by atoms with Gasteiger partial charge in [-0.2, -0.15) is 5.10 Å². The Morgan fingerprint density at radius 3 is 2.76 bits per heavy atom. The Morgan fingerprint density at radius 1 is 1.16 bits per heavy atom. The Balaban J connectivity index is 1.63. The van der Waals surface area contributed by atoms with Crippen molar-refractivity contribution >= 4 is 22.9 Å². The quantitative estimate of drug-likeness (QED) is 0.612. The van der Waals surface area contributed by atoms with Crippen molar-refractivity contribution in [2.45, 2.75) is 13.5 Å². The molecule has 1 amide bonds. The Morgan fingerprint density at radius 2 is 2.00 bits per heavy atom. The van der Waals surface area contributed by atoms with Crippen molar-refractivity contribution in [3.63, 3.8) is 0 Å². The Bertz CT molecular complexity index is 1020. The van der Waals surface area contributed by atoms with Gasteiger partial charge in [-0.1, -0.05) is 36.4 Å². The summed E-state index contributed by atoms with van der Waals surface area (Å²) in [5.74, 6) is -0.195. The molecule has 3 aromatic heterocycles. The van der Waals surface area contributed by atoms with E-state index in [9.17, 15) is 4.79 Å². The molecule has 0 aliphatic heterocycles. The number of benzene rings is 1. The average molecular weight is 348 g/mol. The first-order valence-corrected chi connectivity index (χ1v) is 8.82. The number of fused-ring (bicyclic) bond motifs is 1. The van der Waals surface area contributed by atoms with Gasteiger partial charge in [0.1, 0.15) is 0 Å². The van der Waals surface area contributed by atoms with E-state index in [1.165, 1.54) is 0 Å². The molecule has 4 aromatic rings. The minimum Gasteiger partial charge on any atom is -0.346 e. The highest BCUT2D eigenvalue weighted by molar-refractivity contribution is 7.09. The molecule has 0 fully saturated rings. The highest BCUT2D eigenvalue weighted by Gasteiger charge is 2.14. The second-order valence-electron chi connectivity index (χ2n) is 5.71. The predicted molar refractivity (Wildman–Crippen MR) is 98.6 cm³/mol. The molecule has 0 aliphatic rings. The number of carbonyl (C=O) groups excluding carboxylic acids is 1. The largest absolute Gasteiger partial charge is 0.346 e. The summed E-state index contributed by atoms with van der Waals surface area (Å²) in [5.41, 5.74) is 3.88. The van der Waals surface area contributed by atoms with Gasteiger partial charge in [0.25, 0.3) is 5.91 Å². The summed E-state index contributed by atoms with van der Waals surface area (Å²) >= 11 is 1.61. The molecule has 0 bridgehead atoms. The summed E-state index contributed by atoms with van der Waals surface area (Å²) in [7, 11) is 0. The lowest BCUT2D eigenvalue weighted by Gasteiger charge is -2.04. The van der Waals surface area contributed by atoms with Crippen LogP contribution in [0, 0.1) is 6.92 Å². The lowest BCUT2D eigenvalue weighted by molar-refractivity contribution is 0.0946. The molecular weight excluding hydrogens is 332 g/mol. The van der Waals surface area contributed by atoms with E-state index in [0.717, 1.165) is 21.8 Å². The summed E-state index contributed by atoms with van der Waals surface area (Å²) in [5, 5.41) is 9.28. The highest BCUT2D eigenvalue weighted by atomic mass is 32.1. The van der Waals surface area contributed by atoms with Crippen LogP contribution in [0.1, 0.15) is 21.1 Å². The Labute approximate surface area is 149 Å². The first-order chi connectivity index (χ1) is 12.2. The topological polar surface area (TPSA) is 59.3 Å². The first kappa shape index (κ1) is 15.5. The van der Waals surface area contributed by atoms with Crippen LogP contribution in [0.5, 0.6) is 0 Å². The molecule has 124 valence electrons. The number of thiophene rings is 1. The van der Waals surface area contributed by atoms with E-state index >= 15 is 0 Å². The lowest BCUT2D eigenvalue weighted by atomic mass is 10.1. The molecule has 0 aliphatic carbocycles. The van der Waals surface area contributed by atoms with Gasteiger partial charge in [-0.25, -0.2) is 9.50 Å². The third-order valence-corrected chi connectivity index (χ3v) is 4.79. The molecule has 6 heteroatoms. The number of aryl methyl sites for hydroxylation is 1. The van der Waals surface area contributed by atoms with Crippen LogP contribution in [-0.2, 0) is 6.54 Å². The number of aromatic nitrogens is 3. The lowest BCUT2D eigenvalue weighted by Crippen LogP contribution is -2.22. The van der Waals surface area contributed by atoms with Gasteiger partial charge in [0.05, 0.1) is 12.2 Å². The van der Waals surface area contributed by atoms with Gasteiger partial charge >= 0.3 is 0 Å². The van der Waals surface area contributed by atoms with Gasteiger partial charge in [-0.15, -0.1) is 11.3 Å². The van der Waals surface area contributed by atoms with Crippen LogP contribution < -0.4 is 5.32 Å². The molecule has 1 N–H and O–H groups in total. The maximum atomic E-state index is 12.4. The number of nitrogens with zero attached hydrogens (tertiary/aromatic N) is 3. The molecule has 3 heterocycles. The van der Waals surface area contributed by atoms with E-state index < -0.39 is 0 Å². The van der Waals surface area contributed by atoms with Crippen molar-refractivity contribution in [1.82, 2.24) is 19.9 Å². The van der Waals surface area contributed by atoms with Gasteiger partial charge in [0.2, 0.25) is 0 Å². The van der Waals surface area contributed by atoms with E-state index in [2.05, 4.69) is 15.4 Å². The first-order valence-electron chi connectivity index (χ1n) is 7.94. The third kappa shape index (κ3) is 3.16. The van der Waals surface area contributed by atoms with E-state index in [1.807, 2.05) is 60.8 Å². The number of nitrogens with one attached hydrogen (secondary N) is 1. The molecule has 0 saturated heterocycles. The molecule has 4 rings (SSSR count). The van der Waals surface area contributed by atoms with Gasteiger partial charge in [0.15, 0.2) is 11.3 Å². The molecule has 25 heavy (non-hydrogen) atoms. The fourth-order valence-electron chi connectivity index (χ4n) is 2.66. The number of rotatable bonds is 4. The fraction of sp³-hybridized carbons (Fsp3) is 0.105. The van der Waals surface area contributed by atoms with Crippen molar-refractivity contribution < 1.29 is 4.79 Å². The van der Waals surface area contributed by atoms with E-state index in [4.69, 9.17) is 0 Å². The maximum absolute atomic E-state index is 12.4. The predicted octanol–water partition coefficient (Wildman–Crippen LogP) is 3.70. The van der Waals surface area contributed by atoms with Crippen molar-refractivity contribution in [2.24, 2.45) is 0 Å². The zero-order valence-electron chi connectivity index (χ0n) is 13.6. The monoisotopic (exact) mass is 348 g/mol. The van der Waals surface area contributed by atoms with E-state index in [-0.39, 0.29) is 5.91 Å². The zero-order valence-corrected chi connectivity index (χ0v) is 14.5. The molecule has 0 atom stereocenters. The number of hydrogen-bond acceptors (Lipinski definition) is 4. The summed E-state index contributed by atoms with van der Waals surface area (Å²) in [6, 6.07) is 17.6. The average Bonchev–Trinajstić information content (AvgIpc) is 3.30. The van der Waals surface area contributed by atoms with Crippen LogP contribution >= 0.6 is 11.3 Å². The van der Waals surface area contributed by atoms with Crippen molar-refractivity contribution in [3.8, 4) is 11.3 Å². The Hall–Kier alpha value is -2.99. The van der Waals surface area contributed by atoms with Crippen LogP contribution in [0.2, 0.25) is 0 Å². The van der Waals surface area contributed by atoms with Crippen molar-refractivity contribution in [2.75, 3.05) is 0 Å². The van der Waals surface area contributed by atoms with Gasteiger partial charge in [-0.05, 0) is 24.4 Å². The summed E-state index contributed by atoms with van der Waals surface area (Å²) < 4.78 is 1.70. The molecule has 0 spiro atoms. The molecule has 0 saturated carbocycles. The zero-order chi connectivity index (χ0) is 17.2. The fourth-order valence-corrected chi connectivity index (χ4v) is 3.31. The molecule has 5 nitrogen and oxygen atoms in total. The second-order valence-corrected chi connectivity index (χ2v) is 6.74. The SMILES string of the molecule is Cc1cc(-c2ccccc2)nc2cc(C(=O)NCc3cccs3)nn12. The van der Waals surface area contributed by atoms with Crippen molar-refractivity contribution in [1.29, 1.82) is 0 Å². The van der Waals surface area contributed by atoms with Crippen molar-refractivity contribution in [3.05, 3.63) is 76.2 Å². The van der Waals surface area contributed by atoms with Crippen LogP contribution in [-0.4, -0.2) is 20.5 Å². The van der Waals surface area contributed by atoms with E-state index in [1.54, 1.807) is 21.9 Å². The highest BCUT2D eigenvalue weighted by Crippen LogP contribution is 2.19. The number of amides is 1. The summed E-state index contributed by atoms with van der Waals surface area (Å²) in [6.07, 6.45) is 0. The van der Waals surface area contributed by atoms with Crippen LogP contribution in [0.15, 0.2) is 60.0 Å². The number of carbonyl (C=O) groups is 1. The minimum absolute atomic E-state index is 0.195. The molecule has 1 aromatic carbocycles. The molecule has 0 radical (unpaired) electrons. The van der Waals surface area contributed by atoms with Gasteiger partial charge in [0, 0.05) is 22.2 Å². The third-order valence-electron chi connectivity index (χ3n) is 3.91. The molecular formula is C19H16N4OS. The van der Waals surface area contributed by atoms with Crippen LogP contribution in [0.3, 0.4) is 0 Å². The molecule has 0 unspecified atom stereocenters. The van der Waals surface area contributed by atoms with Gasteiger partial charge < -0.3 is 5.32 Å². The second kappa shape index (κ2) is 6.49. The van der Waals surface area contributed by atoms with E-state index in [0.29, 0.717) is 17.9 Å². The van der Waals surface area contributed by atoms with Gasteiger partial charge in [-0.3, -0.25) is 4.79 Å². The smallest absolute Gasteiger partial charge is 0.272 e. The minimum atomic E-state index is -0.195. The van der Waals surface area contributed by atoms with Crippen LogP contribution in [0.25, 0.3) is 16.9 Å².